The van der Waals surface area contributed by atoms with Crippen molar-refractivity contribution in [3.8, 4) is 11.8 Å². The van der Waals surface area contributed by atoms with Gasteiger partial charge in [-0.1, -0.05) is 11.8 Å². The Kier molecular flexibility index (Phi) is 4.18. The Morgan fingerprint density at radius 3 is 3.00 bits per heavy atom. The average Bonchev–Trinajstić information content (AvgIpc) is 3.27. The van der Waals surface area contributed by atoms with E-state index in [1.807, 2.05) is 7.05 Å². The molecular formula is C15H18N2O2. The standard InChI is InChI=1S/C15H18N2O2/c1-11(12-7-8-12)17(2)15(19)14-13(6-4-10-18)5-3-9-16-14/h3,5,9,11-12,18H,7-8,10H2,1-2H3. The third-order valence-electron chi connectivity index (χ3n) is 3.55. The lowest BCUT2D eigenvalue weighted by Crippen LogP contribution is -2.37. The van der Waals surface area contributed by atoms with Crippen LogP contribution in [0.4, 0.5) is 0 Å². The molecule has 0 radical (unpaired) electrons. The predicted molar refractivity (Wildman–Crippen MR) is 72.5 cm³/mol. The van der Waals surface area contributed by atoms with Crippen LogP contribution in [0.5, 0.6) is 0 Å². The first-order valence-electron chi connectivity index (χ1n) is 6.47. The van der Waals surface area contributed by atoms with Gasteiger partial charge in [0.15, 0.2) is 0 Å². The van der Waals surface area contributed by atoms with Gasteiger partial charge in [0.2, 0.25) is 0 Å². The number of nitrogens with zero attached hydrogens (tertiary/aromatic N) is 2. The van der Waals surface area contributed by atoms with Gasteiger partial charge >= 0.3 is 0 Å². The smallest absolute Gasteiger partial charge is 0.273 e. The highest BCUT2D eigenvalue weighted by molar-refractivity contribution is 5.94. The topological polar surface area (TPSA) is 53.4 Å². The van der Waals surface area contributed by atoms with Crippen LogP contribution in [0.25, 0.3) is 0 Å². The van der Waals surface area contributed by atoms with E-state index in [-0.39, 0.29) is 18.6 Å². The molecule has 4 heteroatoms. The normalized spacial score (nSPS) is 15.3. The van der Waals surface area contributed by atoms with Crippen LogP contribution in [-0.4, -0.2) is 40.6 Å². The highest BCUT2D eigenvalue weighted by Crippen LogP contribution is 2.35. The molecule has 0 saturated heterocycles. The molecule has 1 fully saturated rings. The first-order chi connectivity index (χ1) is 9.15. The summed E-state index contributed by atoms with van der Waals surface area (Å²) >= 11 is 0. The van der Waals surface area contributed by atoms with E-state index in [9.17, 15) is 4.79 Å². The molecule has 1 aliphatic carbocycles. The van der Waals surface area contributed by atoms with E-state index >= 15 is 0 Å². The van der Waals surface area contributed by atoms with Crippen LogP contribution in [0.15, 0.2) is 18.3 Å². The van der Waals surface area contributed by atoms with Gasteiger partial charge < -0.3 is 10.0 Å². The molecule has 0 spiro atoms. The van der Waals surface area contributed by atoms with Crippen molar-refractivity contribution in [2.45, 2.75) is 25.8 Å². The fourth-order valence-electron chi connectivity index (χ4n) is 2.06. The molecular weight excluding hydrogens is 240 g/mol. The zero-order valence-corrected chi connectivity index (χ0v) is 11.3. The zero-order valence-electron chi connectivity index (χ0n) is 11.3. The number of aromatic nitrogens is 1. The first-order valence-corrected chi connectivity index (χ1v) is 6.47. The SMILES string of the molecule is CC(C1CC1)N(C)C(=O)c1ncccc1C#CCO. The Labute approximate surface area is 113 Å². The highest BCUT2D eigenvalue weighted by atomic mass is 16.2. The number of pyridine rings is 1. The van der Waals surface area contributed by atoms with Crippen molar-refractivity contribution in [1.29, 1.82) is 0 Å². The Balaban J connectivity index is 2.22. The molecule has 4 nitrogen and oxygen atoms in total. The number of amides is 1. The number of carbonyl (C=O) groups excluding carboxylic acids is 1. The summed E-state index contributed by atoms with van der Waals surface area (Å²) in [6.07, 6.45) is 3.98. The van der Waals surface area contributed by atoms with Crippen molar-refractivity contribution in [2.75, 3.05) is 13.7 Å². The summed E-state index contributed by atoms with van der Waals surface area (Å²) in [5, 5.41) is 8.75. The Morgan fingerprint density at radius 2 is 2.37 bits per heavy atom. The lowest BCUT2D eigenvalue weighted by molar-refractivity contribution is 0.0721. The zero-order chi connectivity index (χ0) is 13.8. The summed E-state index contributed by atoms with van der Waals surface area (Å²) < 4.78 is 0. The van der Waals surface area contributed by atoms with E-state index in [1.54, 1.807) is 23.2 Å². The molecule has 19 heavy (non-hydrogen) atoms. The molecule has 1 aromatic rings. The molecule has 0 aliphatic heterocycles. The van der Waals surface area contributed by atoms with Crippen LogP contribution in [0.2, 0.25) is 0 Å². The van der Waals surface area contributed by atoms with Gasteiger partial charge in [-0.2, -0.15) is 0 Å². The summed E-state index contributed by atoms with van der Waals surface area (Å²) in [7, 11) is 1.81. The van der Waals surface area contributed by atoms with Gasteiger partial charge in [0.25, 0.3) is 5.91 Å². The second-order valence-corrected chi connectivity index (χ2v) is 4.85. The fraction of sp³-hybridized carbons (Fsp3) is 0.467. The first kappa shape index (κ1) is 13.6. The van der Waals surface area contributed by atoms with E-state index in [2.05, 4.69) is 23.7 Å². The number of rotatable bonds is 3. The summed E-state index contributed by atoms with van der Waals surface area (Å²) in [5.74, 6) is 5.84. The van der Waals surface area contributed by atoms with Gasteiger partial charge in [0.1, 0.15) is 12.3 Å². The molecule has 1 aromatic heterocycles. The van der Waals surface area contributed by atoms with Crippen molar-refractivity contribution in [3.05, 3.63) is 29.6 Å². The van der Waals surface area contributed by atoms with Gasteiger partial charge in [-0.3, -0.25) is 4.79 Å². The Hall–Kier alpha value is -1.86. The van der Waals surface area contributed by atoms with Gasteiger partial charge in [-0.25, -0.2) is 4.98 Å². The molecule has 1 unspecified atom stereocenters. The third-order valence-corrected chi connectivity index (χ3v) is 3.55. The quantitative estimate of drug-likeness (QED) is 0.831. The number of aliphatic hydroxyl groups is 1. The largest absolute Gasteiger partial charge is 0.384 e. The number of hydrogen-bond donors (Lipinski definition) is 1. The molecule has 1 N–H and O–H groups in total. The van der Waals surface area contributed by atoms with Crippen LogP contribution in [-0.2, 0) is 0 Å². The summed E-state index contributed by atoms with van der Waals surface area (Å²) in [5.41, 5.74) is 0.926. The molecule has 1 aliphatic rings. The van der Waals surface area contributed by atoms with E-state index in [4.69, 9.17) is 5.11 Å². The molecule has 1 amide bonds. The molecule has 100 valence electrons. The van der Waals surface area contributed by atoms with Crippen molar-refractivity contribution in [1.82, 2.24) is 9.88 Å². The minimum absolute atomic E-state index is 0.109. The molecule has 0 aromatic carbocycles. The van der Waals surface area contributed by atoms with Crippen molar-refractivity contribution in [2.24, 2.45) is 5.92 Å². The van der Waals surface area contributed by atoms with Crippen molar-refractivity contribution >= 4 is 5.91 Å². The summed E-state index contributed by atoms with van der Waals surface area (Å²) in [6, 6.07) is 3.72. The van der Waals surface area contributed by atoms with E-state index in [1.165, 1.54) is 12.8 Å². The Morgan fingerprint density at radius 1 is 1.63 bits per heavy atom. The molecule has 1 saturated carbocycles. The van der Waals surface area contributed by atoms with E-state index < -0.39 is 0 Å². The van der Waals surface area contributed by atoms with Crippen molar-refractivity contribution in [3.63, 3.8) is 0 Å². The minimum Gasteiger partial charge on any atom is -0.384 e. The molecule has 2 rings (SSSR count). The van der Waals surface area contributed by atoms with Gasteiger partial charge in [0, 0.05) is 19.3 Å². The van der Waals surface area contributed by atoms with Gasteiger partial charge in [0.05, 0.1) is 5.56 Å². The van der Waals surface area contributed by atoms with Crippen LogP contribution in [0, 0.1) is 17.8 Å². The van der Waals surface area contributed by atoms with Crippen LogP contribution >= 0.6 is 0 Å². The third kappa shape index (κ3) is 3.12. The van der Waals surface area contributed by atoms with Crippen LogP contribution in [0.1, 0.15) is 35.8 Å². The van der Waals surface area contributed by atoms with Gasteiger partial charge in [-0.05, 0) is 37.8 Å². The Bertz CT molecular complexity index is 526. The van der Waals surface area contributed by atoms with E-state index in [0.717, 1.165) is 0 Å². The lowest BCUT2D eigenvalue weighted by atomic mass is 10.1. The van der Waals surface area contributed by atoms with Gasteiger partial charge in [-0.15, -0.1) is 0 Å². The summed E-state index contributed by atoms with van der Waals surface area (Å²) in [4.78, 5) is 18.3. The molecule has 1 atom stereocenters. The molecule has 0 bridgehead atoms. The highest BCUT2D eigenvalue weighted by Gasteiger charge is 2.33. The van der Waals surface area contributed by atoms with Crippen LogP contribution in [0.3, 0.4) is 0 Å². The lowest BCUT2D eigenvalue weighted by Gasteiger charge is -2.24. The van der Waals surface area contributed by atoms with Crippen LogP contribution < -0.4 is 0 Å². The maximum absolute atomic E-state index is 12.4. The number of hydrogen-bond acceptors (Lipinski definition) is 3. The predicted octanol–water partition coefficient (Wildman–Crippen LogP) is 1.30. The summed E-state index contributed by atoms with van der Waals surface area (Å²) in [6.45, 7) is 1.84. The maximum atomic E-state index is 12.4. The maximum Gasteiger partial charge on any atom is 0.273 e. The van der Waals surface area contributed by atoms with E-state index in [0.29, 0.717) is 17.2 Å². The monoisotopic (exact) mass is 258 g/mol. The number of carbonyl (C=O) groups is 1. The minimum atomic E-state index is -0.225. The second-order valence-electron chi connectivity index (χ2n) is 4.85. The van der Waals surface area contributed by atoms with Crippen molar-refractivity contribution < 1.29 is 9.90 Å². The molecule has 1 heterocycles. The fourth-order valence-corrected chi connectivity index (χ4v) is 2.06. The second kappa shape index (κ2) is 5.85. The average molecular weight is 258 g/mol. The number of aliphatic hydroxyl groups excluding tert-OH is 1.